The van der Waals surface area contributed by atoms with Crippen LogP contribution in [-0.2, 0) is 11.2 Å². The Morgan fingerprint density at radius 3 is 2.70 bits per heavy atom. The van der Waals surface area contributed by atoms with E-state index in [1.54, 1.807) is 0 Å². The van der Waals surface area contributed by atoms with Gasteiger partial charge in [0.25, 0.3) is 0 Å². The fourth-order valence-corrected chi connectivity index (χ4v) is 3.19. The van der Waals surface area contributed by atoms with E-state index in [1.165, 1.54) is 31.2 Å². The first-order chi connectivity index (χ1) is 9.61. The lowest BCUT2D eigenvalue weighted by molar-refractivity contribution is -0.116. The number of anilines is 3. The zero-order chi connectivity index (χ0) is 14.1. The molecule has 1 fully saturated rings. The van der Waals surface area contributed by atoms with Crippen molar-refractivity contribution < 1.29 is 4.79 Å². The first-order valence-corrected chi connectivity index (χ1v) is 7.60. The molecule has 0 spiro atoms. The highest BCUT2D eigenvalue weighted by atomic mass is 16.1. The Kier molecular flexibility index (Phi) is 3.55. The number of carbonyl (C=O) groups excluding carboxylic acids is 1. The van der Waals surface area contributed by atoms with E-state index in [1.807, 2.05) is 6.07 Å². The first-order valence-electron chi connectivity index (χ1n) is 7.60. The van der Waals surface area contributed by atoms with Crippen molar-refractivity contribution in [2.45, 2.75) is 51.5 Å². The Bertz CT molecular complexity index is 519. The summed E-state index contributed by atoms with van der Waals surface area (Å²) in [7, 11) is 0. The lowest BCUT2D eigenvalue weighted by Crippen LogP contribution is -2.26. The molecule has 4 heteroatoms. The topological polar surface area (TPSA) is 67.2 Å². The third kappa shape index (κ3) is 2.74. The fourth-order valence-electron chi connectivity index (χ4n) is 3.19. The van der Waals surface area contributed by atoms with E-state index in [0.29, 0.717) is 12.5 Å². The number of nitrogens with two attached hydrogens (primary N) is 1. The predicted octanol–water partition coefficient (Wildman–Crippen LogP) is 3.14. The van der Waals surface area contributed by atoms with Gasteiger partial charge in [0.05, 0.1) is 11.4 Å². The maximum absolute atomic E-state index is 11.4. The van der Waals surface area contributed by atoms with Gasteiger partial charge in [-0.3, -0.25) is 4.79 Å². The van der Waals surface area contributed by atoms with Gasteiger partial charge in [0, 0.05) is 18.2 Å². The van der Waals surface area contributed by atoms with Crippen LogP contribution < -0.4 is 16.4 Å². The number of carbonyl (C=O) groups is 1. The van der Waals surface area contributed by atoms with Gasteiger partial charge in [-0.15, -0.1) is 0 Å². The van der Waals surface area contributed by atoms with Gasteiger partial charge in [-0.2, -0.15) is 0 Å². The third-order valence-corrected chi connectivity index (χ3v) is 4.55. The van der Waals surface area contributed by atoms with E-state index in [0.717, 1.165) is 29.4 Å². The fraction of sp³-hybridized carbons (Fsp3) is 0.562. The number of aryl methyl sites for hydroxylation is 1. The molecule has 20 heavy (non-hydrogen) atoms. The normalized spacial score (nSPS) is 25.8. The summed E-state index contributed by atoms with van der Waals surface area (Å²) >= 11 is 0. The molecular weight excluding hydrogens is 250 g/mol. The molecule has 1 amide bonds. The minimum Gasteiger partial charge on any atom is -0.397 e. The number of benzene rings is 1. The van der Waals surface area contributed by atoms with Gasteiger partial charge in [0.1, 0.15) is 0 Å². The molecule has 1 aliphatic carbocycles. The first kappa shape index (κ1) is 13.3. The summed E-state index contributed by atoms with van der Waals surface area (Å²) < 4.78 is 0. The van der Waals surface area contributed by atoms with Crippen molar-refractivity contribution in [3.8, 4) is 0 Å². The van der Waals surface area contributed by atoms with Crippen molar-refractivity contribution >= 4 is 23.0 Å². The molecule has 0 saturated heterocycles. The van der Waals surface area contributed by atoms with Crippen LogP contribution >= 0.6 is 0 Å². The van der Waals surface area contributed by atoms with Crippen LogP contribution in [-0.4, -0.2) is 11.9 Å². The van der Waals surface area contributed by atoms with Crippen molar-refractivity contribution in [2.75, 3.05) is 16.4 Å². The predicted molar refractivity (Wildman–Crippen MR) is 82.8 cm³/mol. The van der Waals surface area contributed by atoms with Gasteiger partial charge in [0.2, 0.25) is 5.91 Å². The van der Waals surface area contributed by atoms with Crippen LogP contribution in [0.2, 0.25) is 0 Å². The molecule has 1 aliphatic heterocycles. The van der Waals surface area contributed by atoms with Gasteiger partial charge in [-0.1, -0.05) is 6.92 Å². The molecule has 1 aromatic rings. The Morgan fingerprint density at radius 1 is 1.20 bits per heavy atom. The van der Waals surface area contributed by atoms with E-state index < -0.39 is 0 Å². The standard InChI is InChI=1S/C16H23N3O/c1-10-2-5-12(6-3-10)18-15-8-11-4-7-16(20)19-14(11)9-13(15)17/h8-10,12,18H,2-7,17H2,1H3,(H,19,20). The minimum absolute atomic E-state index is 0.0823. The quantitative estimate of drug-likeness (QED) is 0.725. The molecule has 0 atom stereocenters. The second-order valence-corrected chi connectivity index (χ2v) is 6.25. The molecule has 1 saturated carbocycles. The Morgan fingerprint density at radius 2 is 1.95 bits per heavy atom. The third-order valence-electron chi connectivity index (χ3n) is 4.55. The lowest BCUT2D eigenvalue weighted by atomic mass is 9.87. The van der Waals surface area contributed by atoms with Crippen molar-refractivity contribution in [3.05, 3.63) is 17.7 Å². The van der Waals surface area contributed by atoms with Gasteiger partial charge in [-0.25, -0.2) is 0 Å². The van der Waals surface area contributed by atoms with Crippen LogP contribution in [0.15, 0.2) is 12.1 Å². The molecule has 0 radical (unpaired) electrons. The van der Waals surface area contributed by atoms with E-state index in [9.17, 15) is 4.79 Å². The average Bonchev–Trinajstić information content (AvgIpc) is 2.42. The summed E-state index contributed by atoms with van der Waals surface area (Å²) in [5.41, 5.74) is 9.94. The Balaban J connectivity index is 1.75. The molecule has 1 heterocycles. The van der Waals surface area contributed by atoms with Gasteiger partial charge < -0.3 is 16.4 Å². The lowest BCUT2D eigenvalue weighted by Gasteiger charge is -2.29. The summed E-state index contributed by atoms with van der Waals surface area (Å²) in [5, 5.41) is 6.48. The molecule has 0 aromatic heterocycles. The van der Waals surface area contributed by atoms with Crippen LogP contribution in [0, 0.1) is 5.92 Å². The summed E-state index contributed by atoms with van der Waals surface area (Å²) in [5.74, 6) is 0.933. The van der Waals surface area contributed by atoms with Crippen LogP contribution in [0.3, 0.4) is 0 Å². The van der Waals surface area contributed by atoms with Crippen molar-refractivity contribution in [3.63, 3.8) is 0 Å². The van der Waals surface area contributed by atoms with E-state index >= 15 is 0 Å². The number of fused-ring (bicyclic) bond motifs is 1. The molecule has 4 N–H and O–H groups in total. The molecule has 3 rings (SSSR count). The average molecular weight is 273 g/mol. The van der Waals surface area contributed by atoms with Gasteiger partial charge in [0.15, 0.2) is 0 Å². The number of rotatable bonds is 2. The second kappa shape index (κ2) is 5.35. The van der Waals surface area contributed by atoms with Crippen LogP contribution in [0.1, 0.15) is 44.6 Å². The van der Waals surface area contributed by atoms with Crippen molar-refractivity contribution in [1.82, 2.24) is 0 Å². The Hall–Kier alpha value is -1.71. The summed E-state index contributed by atoms with van der Waals surface area (Å²) in [6.07, 6.45) is 6.38. The number of amides is 1. The largest absolute Gasteiger partial charge is 0.397 e. The van der Waals surface area contributed by atoms with Crippen LogP contribution in [0.25, 0.3) is 0 Å². The monoisotopic (exact) mass is 273 g/mol. The van der Waals surface area contributed by atoms with Crippen LogP contribution in [0.5, 0.6) is 0 Å². The zero-order valence-electron chi connectivity index (χ0n) is 12.0. The highest BCUT2D eigenvalue weighted by Gasteiger charge is 2.20. The smallest absolute Gasteiger partial charge is 0.224 e. The molecule has 2 aliphatic rings. The van der Waals surface area contributed by atoms with E-state index in [-0.39, 0.29) is 5.91 Å². The van der Waals surface area contributed by atoms with E-state index in [2.05, 4.69) is 23.6 Å². The second-order valence-electron chi connectivity index (χ2n) is 6.25. The molecule has 0 unspecified atom stereocenters. The maximum atomic E-state index is 11.4. The van der Waals surface area contributed by atoms with Crippen molar-refractivity contribution in [1.29, 1.82) is 0 Å². The van der Waals surface area contributed by atoms with Gasteiger partial charge in [-0.05, 0) is 55.7 Å². The molecule has 0 bridgehead atoms. The van der Waals surface area contributed by atoms with Gasteiger partial charge >= 0.3 is 0 Å². The summed E-state index contributed by atoms with van der Waals surface area (Å²) in [6.45, 7) is 2.33. The van der Waals surface area contributed by atoms with Crippen molar-refractivity contribution in [2.24, 2.45) is 5.92 Å². The number of hydrogen-bond donors (Lipinski definition) is 3. The SMILES string of the molecule is CC1CCC(Nc2cc3c(cc2N)NC(=O)CC3)CC1. The Labute approximate surface area is 120 Å². The number of hydrogen-bond acceptors (Lipinski definition) is 3. The molecule has 108 valence electrons. The summed E-state index contributed by atoms with van der Waals surface area (Å²) in [6, 6.07) is 4.53. The number of nitrogens with one attached hydrogen (secondary N) is 2. The zero-order valence-corrected chi connectivity index (χ0v) is 12.0. The highest BCUT2D eigenvalue weighted by Crippen LogP contribution is 2.33. The number of nitrogen functional groups attached to an aromatic ring is 1. The maximum Gasteiger partial charge on any atom is 0.224 e. The molecule has 4 nitrogen and oxygen atoms in total. The summed E-state index contributed by atoms with van der Waals surface area (Å²) in [4.78, 5) is 11.4. The minimum atomic E-state index is 0.0823. The van der Waals surface area contributed by atoms with Crippen LogP contribution in [0.4, 0.5) is 17.1 Å². The molecule has 1 aromatic carbocycles. The highest BCUT2D eigenvalue weighted by molar-refractivity contribution is 5.95. The molecular formula is C16H23N3O. The van der Waals surface area contributed by atoms with E-state index in [4.69, 9.17) is 5.73 Å².